The molecule has 0 aliphatic rings. The molecule has 22 nitrogen and oxygen atoms in total. The monoisotopic (exact) mass is 1870 g/mol. The fraction of sp³-hybridized carbons (Fsp3) is 0.191. The molecule has 0 saturated carbocycles. The van der Waals surface area contributed by atoms with E-state index >= 15 is 0 Å². The molecule has 0 fully saturated rings. The number of halogens is 3. The SMILES string of the molecule is CC(=O)C(C)Oc1c(Cl)cccc1COc1ccc(OCc2ccc3ccccc3n2)cc1.CC(=O)C(C)Oc1c(Cl)cccc1COc1cccc(OCc2ccc3ccccc3n2)c1.CC(=O)C(C)Oc1ccc(Cl)cc1COc1ccc(OCc2ccc3ccccc3n2)cc1.CC(=O)C(CCC(=O)O)Oc1cccc(COc2cccc(OCc3ccc4ccccc4n3)c2)c1. The lowest BCUT2D eigenvalue weighted by Gasteiger charge is -2.17. The molecule has 4 atom stereocenters. The number of carbonyl (C=O) groups is 5. The molecule has 4 heterocycles. The summed E-state index contributed by atoms with van der Waals surface area (Å²) in [5, 5.41) is 14.7. The number of rotatable bonds is 39. The van der Waals surface area contributed by atoms with Gasteiger partial charge in [-0.05, 0) is 218 Å². The predicted octanol–water partition coefficient (Wildman–Crippen LogP) is 24.8. The number of carbonyl (C=O) groups excluding carboxylic acids is 4. The Morgan fingerprint density at radius 1 is 0.289 bits per heavy atom. The number of pyridine rings is 4. The van der Waals surface area contributed by atoms with Crippen LogP contribution in [0.15, 0.2) is 322 Å². The van der Waals surface area contributed by atoms with E-state index in [1.165, 1.54) is 27.7 Å². The zero-order valence-corrected chi connectivity index (χ0v) is 77.6. The third kappa shape index (κ3) is 30.0. The van der Waals surface area contributed by atoms with Gasteiger partial charge in [0.05, 0.1) is 54.9 Å². The number of fused-ring (bicyclic) bond motifs is 4. The van der Waals surface area contributed by atoms with Crippen LogP contribution in [-0.4, -0.2) is 78.6 Å². The van der Waals surface area contributed by atoms with Crippen molar-refractivity contribution in [1.29, 1.82) is 0 Å². The van der Waals surface area contributed by atoms with Crippen LogP contribution in [0.25, 0.3) is 43.6 Å². The first-order valence-corrected chi connectivity index (χ1v) is 44.7. The number of aromatic nitrogens is 4. The Kier molecular flexibility index (Phi) is 35.3. The lowest BCUT2D eigenvalue weighted by Crippen LogP contribution is -2.26. The molecule has 0 bridgehead atoms. The van der Waals surface area contributed by atoms with E-state index in [1.54, 1.807) is 69.3 Å². The molecular weight excluding hydrogens is 1770 g/mol. The molecule has 16 aromatic rings. The van der Waals surface area contributed by atoms with Gasteiger partial charge in [-0.15, -0.1) is 0 Å². The Balaban J connectivity index is 0.000000153. The van der Waals surface area contributed by atoms with Crippen LogP contribution in [-0.2, 0) is 76.8 Å². The smallest absolute Gasteiger partial charge is 0.303 e. The highest BCUT2D eigenvalue weighted by atomic mass is 35.5. The molecule has 0 spiro atoms. The van der Waals surface area contributed by atoms with Gasteiger partial charge in [0.2, 0.25) is 0 Å². The minimum Gasteiger partial charge on any atom is -0.489 e. The van der Waals surface area contributed by atoms with Gasteiger partial charge in [-0.25, -0.2) is 19.9 Å². The molecule has 135 heavy (non-hydrogen) atoms. The van der Waals surface area contributed by atoms with E-state index in [4.69, 9.17) is 96.8 Å². The van der Waals surface area contributed by atoms with Gasteiger partial charge in [0.1, 0.15) is 122 Å². The van der Waals surface area contributed by atoms with Gasteiger partial charge in [-0.3, -0.25) is 24.0 Å². The van der Waals surface area contributed by atoms with Crippen LogP contribution >= 0.6 is 34.8 Å². The second kappa shape index (κ2) is 48.9. The van der Waals surface area contributed by atoms with Crippen molar-refractivity contribution in [2.24, 2.45) is 0 Å². The number of para-hydroxylation sites is 6. The van der Waals surface area contributed by atoms with Crippen LogP contribution in [0.2, 0.25) is 15.1 Å². The van der Waals surface area contributed by atoms with Crippen LogP contribution < -0.4 is 56.8 Å². The van der Waals surface area contributed by atoms with Gasteiger partial charge in [0.15, 0.2) is 47.5 Å². The predicted molar refractivity (Wildman–Crippen MR) is 522 cm³/mol. The van der Waals surface area contributed by atoms with E-state index in [0.29, 0.717) is 99.0 Å². The van der Waals surface area contributed by atoms with Gasteiger partial charge in [0, 0.05) is 68.2 Å². The van der Waals surface area contributed by atoms with E-state index in [-0.39, 0.29) is 62.4 Å². The fourth-order valence-corrected chi connectivity index (χ4v) is 13.9. The normalized spacial score (nSPS) is 11.7. The summed E-state index contributed by atoms with van der Waals surface area (Å²) in [6.07, 6.45) is -2.54. The van der Waals surface area contributed by atoms with Crippen LogP contribution in [0.4, 0.5) is 0 Å². The standard InChI is InChI=1S/C29H27NO6.3C27H24ClNO4/c1-20(31)28(14-15-29(32)33)36-26-10-4-6-21(16-26)18-34-24-8-5-9-25(17-24)35-19-23-13-12-22-7-2-3-11-27(22)30-23;1-18(30)19(2)33-27-21(8-5-11-25(27)28)16-31-23-9-6-10-24(15-23)32-17-22-14-13-20-7-3-4-12-26(20)29-22;1-18(30)19(2)33-27-21(7-5-8-25(27)28)16-31-23-12-14-24(15-13-23)32-17-22-11-10-20-6-3-4-9-26(20)29-22;1-18(30)19(2)33-27-14-8-22(28)15-21(27)16-31-24-10-12-25(13-11-24)32-17-23-9-7-20-5-3-4-6-26(20)29-23/h2-13,16-17,28H,14-15,18-19H2,1H3,(H,32,33);3*3-15,19H,16-17H2,1-2H3. The lowest BCUT2D eigenvalue weighted by atomic mass is 10.1. The van der Waals surface area contributed by atoms with Crippen LogP contribution in [0.3, 0.4) is 0 Å². The van der Waals surface area contributed by atoms with Gasteiger partial charge in [-0.2, -0.15) is 0 Å². The summed E-state index contributed by atoms with van der Waals surface area (Å²) in [7, 11) is 0. The van der Waals surface area contributed by atoms with Crippen molar-refractivity contribution in [3.05, 3.63) is 382 Å². The maximum atomic E-state index is 11.8. The molecule has 0 aliphatic carbocycles. The van der Waals surface area contributed by atoms with Gasteiger partial charge < -0.3 is 61.9 Å². The molecule has 4 aromatic heterocycles. The Morgan fingerprint density at radius 3 is 0.993 bits per heavy atom. The molecule has 12 aromatic carbocycles. The van der Waals surface area contributed by atoms with Crippen LogP contribution in [0, 0.1) is 0 Å². The minimum atomic E-state index is -0.966. The largest absolute Gasteiger partial charge is 0.489 e. The highest BCUT2D eigenvalue weighted by molar-refractivity contribution is 6.32. The number of carboxylic acid groups (broad SMARTS) is 1. The topological polar surface area (TPSA) is 268 Å². The average molecular weight is 1870 g/mol. The van der Waals surface area contributed by atoms with E-state index in [0.717, 1.165) is 100 Å². The van der Waals surface area contributed by atoms with Crippen molar-refractivity contribution < 1.29 is 85.9 Å². The average Bonchev–Trinajstić information content (AvgIpc) is 0.820. The third-order valence-electron chi connectivity index (χ3n) is 21.0. The number of hydrogen-bond donors (Lipinski definition) is 1. The second-order valence-corrected chi connectivity index (χ2v) is 32.6. The van der Waals surface area contributed by atoms with Crippen molar-refractivity contribution in [2.75, 3.05) is 0 Å². The van der Waals surface area contributed by atoms with Crippen LogP contribution in [0.1, 0.15) is 106 Å². The Hall–Kier alpha value is -15.1. The molecule has 16 rings (SSSR count). The molecule has 25 heteroatoms. The van der Waals surface area contributed by atoms with E-state index in [9.17, 15) is 24.0 Å². The molecular formula is C110H99Cl3N4O18. The number of nitrogens with zero attached hydrogens (tertiary/aromatic N) is 4. The zero-order valence-electron chi connectivity index (χ0n) is 75.3. The summed E-state index contributed by atoms with van der Waals surface area (Å²) < 4.78 is 70.3. The highest BCUT2D eigenvalue weighted by Gasteiger charge is 2.22. The zero-order chi connectivity index (χ0) is 95.0. The summed E-state index contributed by atoms with van der Waals surface area (Å²) in [5.74, 6) is 6.03. The number of carboxylic acids is 1. The molecule has 4 unspecified atom stereocenters. The Bertz CT molecular complexity index is 6620. The first-order valence-electron chi connectivity index (χ1n) is 43.6. The van der Waals surface area contributed by atoms with E-state index < -0.39 is 30.4 Å². The summed E-state index contributed by atoms with van der Waals surface area (Å²) in [5.41, 5.74) is 10.3. The molecule has 688 valence electrons. The molecule has 1 N–H and O–H groups in total. The maximum absolute atomic E-state index is 11.8. The van der Waals surface area contributed by atoms with Crippen molar-refractivity contribution in [2.45, 2.75) is 139 Å². The molecule has 0 radical (unpaired) electrons. The van der Waals surface area contributed by atoms with Crippen molar-refractivity contribution in [3.8, 4) is 69.0 Å². The van der Waals surface area contributed by atoms with Gasteiger partial charge in [0.25, 0.3) is 0 Å². The Labute approximate surface area is 797 Å². The van der Waals surface area contributed by atoms with Gasteiger partial charge >= 0.3 is 5.97 Å². The number of hydrogen-bond acceptors (Lipinski definition) is 21. The molecule has 0 saturated heterocycles. The number of benzene rings is 12. The molecule has 0 amide bonds. The number of Topliss-reactive ketones (excluding diaryl/α,β-unsaturated/α-hetero) is 4. The summed E-state index contributed by atoms with van der Waals surface area (Å²) in [4.78, 5) is 75.9. The van der Waals surface area contributed by atoms with Crippen LogP contribution in [0.5, 0.6) is 69.0 Å². The van der Waals surface area contributed by atoms with E-state index in [2.05, 4.69) is 19.9 Å². The second-order valence-electron chi connectivity index (χ2n) is 31.3. The maximum Gasteiger partial charge on any atom is 0.303 e. The first-order chi connectivity index (χ1) is 65.4. The minimum absolute atomic E-state index is 0.0497. The van der Waals surface area contributed by atoms with Crippen molar-refractivity contribution in [3.63, 3.8) is 0 Å². The summed E-state index contributed by atoms with van der Waals surface area (Å²) >= 11 is 18.7. The van der Waals surface area contributed by atoms with Crippen molar-refractivity contribution in [1.82, 2.24) is 19.9 Å². The first kappa shape index (κ1) is 97.4. The van der Waals surface area contributed by atoms with Crippen molar-refractivity contribution >= 4 is 108 Å². The fourth-order valence-electron chi connectivity index (χ4n) is 13.2. The number of ether oxygens (including phenoxy) is 12. The molecule has 0 aliphatic heterocycles. The third-order valence-corrected chi connectivity index (χ3v) is 21.8. The number of ketones is 4. The summed E-state index contributed by atoms with van der Waals surface area (Å²) in [6.45, 7) is 13.4. The summed E-state index contributed by atoms with van der Waals surface area (Å²) in [6, 6.07) is 101. The lowest BCUT2D eigenvalue weighted by molar-refractivity contribution is -0.138. The van der Waals surface area contributed by atoms with E-state index in [1.807, 2.05) is 273 Å². The highest BCUT2D eigenvalue weighted by Crippen LogP contribution is 2.36. The van der Waals surface area contributed by atoms with Gasteiger partial charge in [-0.1, -0.05) is 180 Å². The Morgan fingerprint density at radius 2 is 0.615 bits per heavy atom. The number of aliphatic carboxylic acids is 1. The quantitative estimate of drug-likeness (QED) is 0.0375.